The van der Waals surface area contributed by atoms with E-state index >= 15 is 0 Å². The SMILES string of the molecule is CCCNC(=O)c1ccc2c(c1)C1C=CCC1C(c1ccccc1C)N2. The lowest BCUT2D eigenvalue weighted by Gasteiger charge is -2.38. The van der Waals surface area contributed by atoms with E-state index in [1.165, 1.54) is 16.7 Å². The molecule has 1 aliphatic heterocycles. The van der Waals surface area contributed by atoms with E-state index in [2.05, 4.69) is 73.0 Å². The zero-order valence-electron chi connectivity index (χ0n) is 15.5. The lowest BCUT2D eigenvalue weighted by molar-refractivity contribution is 0.0953. The van der Waals surface area contributed by atoms with Crippen molar-refractivity contribution in [3.8, 4) is 0 Å². The molecule has 0 radical (unpaired) electrons. The number of nitrogens with one attached hydrogen (secondary N) is 2. The zero-order chi connectivity index (χ0) is 18.1. The van der Waals surface area contributed by atoms with Crippen LogP contribution in [0, 0.1) is 12.8 Å². The van der Waals surface area contributed by atoms with Crippen LogP contribution in [0.5, 0.6) is 0 Å². The Labute approximate surface area is 155 Å². The number of benzene rings is 2. The predicted octanol–water partition coefficient (Wildman–Crippen LogP) is 4.96. The molecule has 2 aromatic rings. The zero-order valence-corrected chi connectivity index (χ0v) is 15.5. The Morgan fingerprint density at radius 2 is 2.04 bits per heavy atom. The Balaban J connectivity index is 1.69. The maximum absolute atomic E-state index is 12.4. The van der Waals surface area contributed by atoms with Crippen LogP contribution in [-0.2, 0) is 0 Å². The molecule has 0 fully saturated rings. The van der Waals surface area contributed by atoms with Crippen LogP contribution in [0.25, 0.3) is 0 Å². The molecule has 3 unspecified atom stereocenters. The molecule has 26 heavy (non-hydrogen) atoms. The highest BCUT2D eigenvalue weighted by atomic mass is 16.1. The molecule has 0 saturated heterocycles. The summed E-state index contributed by atoms with van der Waals surface area (Å²) >= 11 is 0. The molecule has 134 valence electrons. The Kier molecular flexibility index (Phi) is 4.54. The summed E-state index contributed by atoms with van der Waals surface area (Å²) in [5.74, 6) is 0.890. The Morgan fingerprint density at radius 3 is 2.85 bits per heavy atom. The lowest BCUT2D eigenvalue weighted by Crippen LogP contribution is -2.30. The number of fused-ring (bicyclic) bond motifs is 3. The van der Waals surface area contributed by atoms with Crippen molar-refractivity contribution >= 4 is 11.6 Å². The third-order valence-electron chi connectivity index (χ3n) is 5.68. The first-order chi connectivity index (χ1) is 12.7. The lowest BCUT2D eigenvalue weighted by atomic mass is 9.76. The fourth-order valence-corrected chi connectivity index (χ4v) is 4.32. The maximum Gasteiger partial charge on any atom is 0.251 e. The summed E-state index contributed by atoms with van der Waals surface area (Å²) in [5, 5.41) is 6.74. The van der Waals surface area contributed by atoms with E-state index in [-0.39, 0.29) is 5.91 Å². The molecule has 4 rings (SSSR count). The first kappa shape index (κ1) is 16.9. The number of hydrogen-bond acceptors (Lipinski definition) is 2. The molecule has 1 aliphatic carbocycles. The van der Waals surface area contributed by atoms with Crippen LogP contribution in [0.4, 0.5) is 5.69 Å². The van der Waals surface area contributed by atoms with Crippen molar-refractivity contribution in [2.75, 3.05) is 11.9 Å². The third-order valence-corrected chi connectivity index (χ3v) is 5.68. The maximum atomic E-state index is 12.4. The van der Waals surface area contributed by atoms with Gasteiger partial charge in [-0.1, -0.05) is 43.3 Å². The minimum absolute atomic E-state index is 0.0224. The number of allylic oxidation sites excluding steroid dienone is 2. The molecule has 1 amide bonds. The van der Waals surface area contributed by atoms with Crippen LogP contribution in [0.1, 0.15) is 58.8 Å². The summed E-state index contributed by atoms with van der Waals surface area (Å²) < 4.78 is 0. The number of aryl methyl sites for hydroxylation is 1. The number of hydrogen-bond donors (Lipinski definition) is 2. The average molecular weight is 346 g/mol. The van der Waals surface area contributed by atoms with Crippen LogP contribution in [-0.4, -0.2) is 12.5 Å². The number of rotatable bonds is 4. The Morgan fingerprint density at radius 1 is 1.19 bits per heavy atom. The fourth-order valence-electron chi connectivity index (χ4n) is 4.32. The molecular formula is C23H26N2O. The summed E-state index contributed by atoms with van der Waals surface area (Å²) in [5.41, 5.74) is 5.86. The Hall–Kier alpha value is -2.55. The monoisotopic (exact) mass is 346 g/mol. The highest BCUT2D eigenvalue weighted by molar-refractivity contribution is 5.95. The second-order valence-corrected chi connectivity index (χ2v) is 7.39. The topological polar surface area (TPSA) is 41.1 Å². The standard InChI is InChI=1S/C23H26N2O/c1-3-13-24-23(26)16-11-12-21-20(14-16)18-9-6-10-19(18)22(25-21)17-8-5-4-7-15(17)2/h4-9,11-12,14,18-19,22,25H,3,10,13H2,1-2H3,(H,24,26). The largest absolute Gasteiger partial charge is 0.378 e. The van der Waals surface area contributed by atoms with Gasteiger partial charge in [0.2, 0.25) is 0 Å². The molecule has 0 bridgehead atoms. The second kappa shape index (κ2) is 6.99. The first-order valence-electron chi connectivity index (χ1n) is 9.60. The van der Waals surface area contributed by atoms with E-state index in [1.54, 1.807) is 0 Å². The minimum atomic E-state index is 0.0224. The van der Waals surface area contributed by atoms with Gasteiger partial charge in [-0.25, -0.2) is 0 Å². The van der Waals surface area contributed by atoms with E-state index in [9.17, 15) is 4.79 Å². The first-order valence-corrected chi connectivity index (χ1v) is 9.60. The minimum Gasteiger partial charge on any atom is -0.378 e. The van der Waals surface area contributed by atoms with Crippen molar-refractivity contribution in [3.63, 3.8) is 0 Å². The quantitative estimate of drug-likeness (QED) is 0.768. The van der Waals surface area contributed by atoms with E-state index < -0.39 is 0 Å². The normalized spacial score (nSPS) is 23.1. The average Bonchev–Trinajstić information content (AvgIpc) is 3.16. The molecule has 3 heteroatoms. The summed E-state index contributed by atoms with van der Waals surface area (Å²) in [7, 11) is 0. The van der Waals surface area contributed by atoms with Crippen LogP contribution < -0.4 is 10.6 Å². The summed E-state index contributed by atoms with van der Waals surface area (Å²) in [4.78, 5) is 12.4. The van der Waals surface area contributed by atoms with Crippen molar-refractivity contribution in [2.24, 2.45) is 5.92 Å². The van der Waals surface area contributed by atoms with Gasteiger partial charge in [0.05, 0.1) is 6.04 Å². The molecule has 3 nitrogen and oxygen atoms in total. The number of carbonyl (C=O) groups is 1. The Bertz CT molecular complexity index is 855. The summed E-state index contributed by atoms with van der Waals surface area (Å²) in [6, 6.07) is 15.0. The van der Waals surface area contributed by atoms with Crippen molar-refractivity contribution in [2.45, 2.75) is 38.6 Å². The van der Waals surface area contributed by atoms with Crippen LogP contribution in [0.3, 0.4) is 0 Å². The van der Waals surface area contributed by atoms with Gasteiger partial charge in [-0.2, -0.15) is 0 Å². The van der Waals surface area contributed by atoms with Gasteiger partial charge in [-0.3, -0.25) is 4.79 Å². The van der Waals surface area contributed by atoms with Gasteiger partial charge in [-0.05, 0) is 60.6 Å². The molecule has 0 spiro atoms. The van der Waals surface area contributed by atoms with Gasteiger partial charge in [0, 0.05) is 23.7 Å². The van der Waals surface area contributed by atoms with Gasteiger partial charge < -0.3 is 10.6 Å². The van der Waals surface area contributed by atoms with Crippen molar-refractivity contribution in [1.82, 2.24) is 5.32 Å². The summed E-state index contributed by atoms with van der Waals surface area (Å²) in [6.45, 7) is 4.97. The fraction of sp³-hybridized carbons (Fsp3) is 0.348. The molecule has 2 aromatic carbocycles. The number of carbonyl (C=O) groups excluding carboxylic acids is 1. The molecule has 2 N–H and O–H groups in total. The van der Waals surface area contributed by atoms with Crippen LogP contribution in [0.2, 0.25) is 0 Å². The van der Waals surface area contributed by atoms with Crippen molar-refractivity contribution in [1.29, 1.82) is 0 Å². The highest BCUT2D eigenvalue weighted by Gasteiger charge is 2.38. The number of anilines is 1. The van der Waals surface area contributed by atoms with Crippen LogP contribution in [0.15, 0.2) is 54.6 Å². The van der Waals surface area contributed by atoms with Gasteiger partial charge in [0.15, 0.2) is 0 Å². The smallest absolute Gasteiger partial charge is 0.251 e. The van der Waals surface area contributed by atoms with E-state index in [1.807, 2.05) is 6.07 Å². The van der Waals surface area contributed by atoms with Crippen molar-refractivity contribution < 1.29 is 4.79 Å². The van der Waals surface area contributed by atoms with E-state index in [0.717, 1.165) is 30.6 Å². The van der Waals surface area contributed by atoms with Gasteiger partial charge >= 0.3 is 0 Å². The molecular weight excluding hydrogens is 320 g/mol. The highest BCUT2D eigenvalue weighted by Crippen LogP contribution is 2.50. The van der Waals surface area contributed by atoms with Gasteiger partial charge in [-0.15, -0.1) is 0 Å². The van der Waals surface area contributed by atoms with Crippen molar-refractivity contribution in [3.05, 3.63) is 76.9 Å². The molecule has 0 aromatic heterocycles. The molecule has 0 saturated carbocycles. The van der Waals surface area contributed by atoms with Gasteiger partial charge in [0.25, 0.3) is 5.91 Å². The summed E-state index contributed by atoms with van der Waals surface area (Å²) in [6.07, 6.45) is 6.64. The van der Waals surface area contributed by atoms with E-state index in [4.69, 9.17) is 0 Å². The van der Waals surface area contributed by atoms with E-state index in [0.29, 0.717) is 17.9 Å². The second-order valence-electron chi connectivity index (χ2n) is 7.39. The molecule has 2 aliphatic rings. The molecule has 3 atom stereocenters. The third kappa shape index (κ3) is 2.92. The van der Waals surface area contributed by atoms with Gasteiger partial charge in [0.1, 0.15) is 0 Å². The predicted molar refractivity (Wildman–Crippen MR) is 107 cm³/mol. The molecule has 1 heterocycles. The number of amides is 1. The van der Waals surface area contributed by atoms with Crippen LogP contribution >= 0.6 is 0 Å².